The van der Waals surface area contributed by atoms with Gasteiger partial charge in [-0.1, -0.05) is 0 Å². The number of thiazole rings is 1. The van der Waals surface area contributed by atoms with E-state index in [4.69, 9.17) is 14.2 Å². The van der Waals surface area contributed by atoms with Gasteiger partial charge in [-0.15, -0.1) is 11.3 Å². The molecule has 0 aliphatic rings. The molecule has 8 heteroatoms. The number of nitrogens with one attached hydrogen (secondary N) is 1. The van der Waals surface area contributed by atoms with E-state index >= 15 is 0 Å². The molecule has 7 nitrogen and oxygen atoms in total. The number of ether oxygens (including phenoxy) is 3. The molecule has 0 unspecified atom stereocenters. The predicted octanol–water partition coefficient (Wildman–Crippen LogP) is 2.88. The quantitative estimate of drug-likeness (QED) is 0.602. The van der Waals surface area contributed by atoms with Crippen LogP contribution >= 0.6 is 11.3 Å². The molecule has 2 rings (SSSR count). The lowest BCUT2D eigenvalue weighted by atomic mass is 10.1. The Morgan fingerprint density at radius 1 is 1.28 bits per heavy atom. The van der Waals surface area contributed by atoms with E-state index in [9.17, 15) is 9.59 Å². The summed E-state index contributed by atoms with van der Waals surface area (Å²) in [5.41, 5.74) is 1.26. The topological polar surface area (TPSA) is 86.8 Å². The van der Waals surface area contributed by atoms with Gasteiger partial charge < -0.3 is 19.5 Å². The van der Waals surface area contributed by atoms with Crippen LogP contribution in [0.2, 0.25) is 0 Å². The lowest BCUT2D eigenvalue weighted by Crippen LogP contribution is -2.06. The fourth-order valence-corrected chi connectivity index (χ4v) is 2.64. The van der Waals surface area contributed by atoms with Gasteiger partial charge in [0.25, 0.3) is 0 Å². The third-order valence-electron chi connectivity index (χ3n) is 3.03. The van der Waals surface area contributed by atoms with Gasteiger partial charge in [0.2, 0.25) is 5.91 Å². The summed E-state index contributed by atoms with van der Waals surface area (Å²) in [5, 5.41) is 4.75. The van der Waals surface area contributed by atoms with Crippen LogP contribution in [0.15, 0.2) is 29.7 Å². The molecule has 0 aliphatic heterocycles. The molecule has 0 spiro atoms. The fraction of sp³-hybridized carbons (Fsp3) is 0.235. The standard InChI is InChI=1S/C17H18N2O5S/c1-11(20)18-17-19-13(10-25-17)9-24-16(21)7-4-12-8-14(22-2)5-6-15(12)23-3/h4-8,10H,9H2,1-3H3,(H,18,19,20)/b7-4+. The molecule has 0 aliphatic carbocycles. The van der Waals surface area contributed by atoms with E-state index in [2.05, 4.69) is 10.3 Å². The average molecular weight is 362 g/mol. The molecule has 1 aromatic heterocycles. The van der Waals surface area contributed by atoms with Crippen LogP contribution in [0.3, 0.4) is 0 Å². The van der Waals surface area contributed by atoms with Crippen molar-refractivity contribution in [1.29, 1.82) is 0 Å². The minimum atomic E-state index is -0.515. The Kier molecular flexibility index (Phi) is 6.53. The third-order valence-corrected chi connectivity index (χ3v) is 3.84. The average Bonchev–Trinajstić information content (AvgIpc) is 3.04. The first kappa shape index (κ1) is 18.5. The molecule has 0 bridgehead atoms. The largest absolute Gasteiger partial charge is 0.497 e. The maximum Gasteiger partial charge on any atom is 0.331 e. The first-order chi connectivity index (χ1) is 12.0. The molecule has 1 heterocycles. The summed E-state index contributed by atoms with van der Waals surface area (Å²) in [7, 11) is 3.11. The van der Waals surface area contributed by atoms with E-state index in [1.807, 2.05) is 0 Å². The second-order valence-electron chi connectivity index (χ2n) is 4.87. The zero-order valence-corrected chi connectivity index (χ0v) is 14.9. The van der Waals surface area contributed by atoms with E-state index < -0.39 is 5.97 Å². The Morgan fingerprint density at radius 2 is 2.08 bits per heavy atom. The molecule has 0 fully saturated rings. The van der Waals surface area contributed by atoms with Crippen molar-refractivity contribution >= 4 is 34.4 Å². The van der Waals surface area contributed by atoms with Crippen molar-refractivity contribution < 1.29 is 23.8 Å². The summed E-state index contributed by atoms with van der Waals surface area (Å²) in [6, 6.07) is 5.27. The number of carbonyl (C=O) groups excluding carboxylic acids is 2. The van der Waals surface area contributed by atoms with E-state index in [0.717, 1.165) is 0 Å². The Balaban J connectivity index is 1.94. The zero-order valence-electron chi connectivity index (χ0n) is 14.1. The van der Waals surface area contributed by atoms with Gasteiger partial charge in [0.05, 0.1) is 19.9 Å². The van der Waals surface area contributed by atoms with Gasteiger partial charge in [0, 0.05) is 23.9 Å². The lowest BCUT2D eigenvalue weighted by molar-refractivity contribution is -0.139. The smallest absolute Gasteiger partial charge is 0.331 e. The Bertz CT molecular complexity index is 785. The monoisotopic (exact) mass is 362 g/mol. The second-order valence-corrected chi connectivity index (χ2v) is 5.73. The summed E-state index contributed by atoms with van der Waals surface area (Å²) in [6.07, 6.45) is 2.89. The lowest BCUT2D eigenvalue weighted by Gasteiger charge is -2.07. The van der Waals surface area contributed by atoms with Crippen molar-refractivity contribution in [2.75, 3.05) is 19.5 Å². The number of aromatic nitrogens is 1. The molecular weight excluding hydrogens is 344 g/mol. The summed E-state index contributed by atoms with van der Waals surface area (Å²) in [6.45, 7) is 1.42. The number of amides is 1. The van der Waals surface area contributed by atoms with E-state index in [0.29, 0.717) is 27.9 Å². The predicted molar refractivity (Wildman–Crippen MR) is 94.8 cm³/mol. The van der Waals surface area contributed by atoms with Crippen LogP contribution in [-0.4, -0.2) is 31.1 Å². The van der Waals surface area contributed by atoms with Gasteiger partial charge in [0.1, 0.15) is 18.1 Å². The van der Waals surface area contributed by atoms with Crippen molar-refractivity contribution in [2.45, 2.75) is 13.5 Å². The number of carbonyl (C=O) groups is 2. The van der Waals surface area contributed by atoms with Crippen molar-refractivity contribution in [3.05, 3.63) is 40.9 Å². The molecule has 0 saturated heterocycles. The van der Waals surface area contributed by atoms with Gasteiger partial charge >= 0.3 is 5.97 Å². The second kappa shape index (κ2) is 8.84. The van der Waals surface area contributed by atoms with Crippen LogP contribution in [0.1, 0.15) is 18.2 Å². The first-order valence-corrected chi connectivity index (χ1v) is 8.18. The van der Waals surface area contributed by atoms with E-state index in [1.165, 1.54) is 24.3 Å². The SMILES string of the molecule is COc1ccc(OC)c(/C=C/C(=O)OCc2csc(NC(C)=O)n2)c1. The Hall–Kier alpha value is -2.87. The van der Waals surface area contributed by atoms with Crippen LogP contribution in [0, 0.1) is 0 Å². The summed E-state index contributed by atoms with van der Waals surface area (Å²) in [5.74, 6) is 0.554. The molecule has 1 aromatic carbocycles. The van der Waals surface area contributed by atoms with Crippen molar-refractivity contribution in [3.63, 3.8) is 0 Å². The highest BCUT2D eigenvalue weighted by atomic mass is 32.1. The summed E-state index contributed by atoms with van der Waals surface area (Å²) < 4.78 is 15.5. The van der Waals surface area contributed by atoms with Crippen molar-refractivity contribution in [3.8, 4) is 11.5 Å². The van der Waals surface area contributed by atoms with Gasteiger partial charge in [0.15, 0.2) is 5.13 Å². The van der Waals surface area contributed by atoms with Crippen LogP contribution in [0.5, 0.6) is 11.5 Å². The Morgan fingerprint density at radius 3 is 2.76 bits per heavy atom. The summed E-state index contributed by atoms with van der Waals surface area (Å²) in [4.78, 5) is 26.9. The maximum atomic E-state index is 11.9. The number of methoxy groups -OCH3 is 2. The molecular formula is C17H18N2O5S. The summed E-state index contributed by atoms with van der Waals surface area (Å²) >= 11 is 1.27. The fourth-order valence-electron chi connectivity index (χ4n) is 1.90. The number of nitrogens with zero attached hydrogens (tertiary/aromatic N) is 1. The molecule has 2 aromatic rings. The normalized spacial score (nSPS) is 10.5. The van der Waals surface area contributed by atoms with Crippen LogP contribution in [-0.2, 0) is 20.9 Å². The van der Waals surface area contributed by atoms with Gasteiger partial charge in [-0.3, -0.25) is 4.79 Å². The van der Waals surface area contributed by atoms with Crippen molar-refractivity contribution in [1.82, 2.24) is 4.98 Å². The van der Waals surface area contributed by atoms with E-state index in [1.54, 1.807) is 43.9 Å². The third kappa shape index (κ3) is 5.61. The molecule has 1 N–H and O–H groups in total. The van der Waals surface area contributed by atoms with Crippen molar-refractivity contribution in [2.24, 2.45) is 0 Å². The van der Waals surface area contributed by atoms with Gasteiger partial charge in [-0.25, -0.2) is 9.78 Å². The highest BCUT2D eigenvalue weighted by Gasteiger charge is 2.07. The van der Waals surface area contributed by atoms with Gasteiger partial charge in [-0.05, 0) is 24.3 Å². The first-order valence-electron chi connectivity index (χ1n) is 7.30. The van der Waals surface area contributed by atoms with Crippen LogP contribution < -0.4 is 14.8 Å². The highest BCUT2D eigenvalue weighted by molar-refractivity contribution is 7.13. The molecule has 0 atom stereocenters. The van der Waals surface area contributed by atoms with Gasteiger partial charge in [-0.2, -0.15) is 0 Å². The molecule has 132 valence electrons. The zero-order chi connectivity index (χ0) is 18.2. The minimum absolute atomic E-state index is 0.0223. The number of hydrogen-bond donors (Lipinski definition) is 1. The molecule has 0 saturated carbocycles. The minimum Gasteiger partial charge on any atom is -0.497 e. The Labute approximate surface area is 149 Å². The van der Waals surface area contributed by atoms with Crippen LogP contribution in [0.4, 0.5) is 5.13 Å². The molecule has 0 radical (unpaired) electrons. The maximum absolute atomic E-state index is 11.9. The molecule has 1 amide bonds. The highest BCUT2D eigenvalue weighted by Crippen LogP contribution is 2.25. The molecule has 25 heavy (non-hydrogen) atoms. The van der Waals surface area contributed by atoms with Crippen LogP contribution in [0.25, 0.3) is 6.08 Å². The van der Waals surface area contributed by atoms with E-state index in [-0.39, 0.29) is 12.5 Å². The number of esters is 1. The number of rotatable bonds is 7. The number of benzene rings is 1. The number of anilines is 1. The number of hydrogen-bond acceptors (Lipinski definition) is 7.